The van der Waals surface area contributed by atoms with Gasteiger partial charge in [-0.05, 0) is 21.6 Å². The van der Waals surface area contributed by atoms with Gasteiger partial charge >= 0.3 is 0 Å². The first-order chi connectivity index (χ1) is 10.6. The highest BCUT2D eigenvalue weighted by molar-refractivity contribution is 7.09. The molecular weight excluding hydrogens is 331 g/mol. The molecule has 0 radical (unpaired) electrons. The summed E-state index contributed by atoms with van der Waals surface area (Å²) in [5.74, 6) is 3.20. The van der Waals surface area contributed by atoms with Gasteiger partial charge in [-0.15, -0.1) is 17.5 Å². The highest BCUT2D eigenvalue weighted by Gasteiger charge is 2.07. The minimum atomic E-state index is -1.20. The monoisotopic (exact) mass is 366 g/mol. The van der Waals surface area contributed by atoms with Crippen molar-refractivity contribution >= 4 is 25.6 Å². The highest BCUT2D eigenvalue weighted by Crippen LogP contribution is 2.00. The maximum atomic E-state index is 5.12. The topological polar surface area (TPSA) is 9.23 Å². The Labute approximate surface area is 149 Å². The van der Waals surface area contributed by atoms with E-state index in [-0.39, 0.29) is 0 Å². The molecule has 0 aliphatic rings. The van der Waals surface area contributed by atoms with Gasteiger partial charge in [0.15, 0.2) is 0 Å². The zero-order valence-electron chi connectivity index (χ0n) is 16.4. The maximum absolute atomic E-state index is 5.12. The molecule has 23 heavy (non-hydrogen) atoms. The molecule has 0 N–H and O–H groups in total. The second-order valence-electron chi connectivity index (χ2n) is 6.50. The van der Waals surface area contributed by atoms with Gasteiger partial charge < -0.3 is 4.52 Å². The van der Waals surface area contributed by atoms with Crippen molar-refractivity contribution in [3.63, 3.8) is 0 Å². The Hall–Kier alpha value is -0.836. The van der Waals surface area contributed by atoms with E-state index < -0.39 is 16.1 Å². The number of rotatable bonds is 0. The van der Waals surface area contributed by atoms with Crippen molar-refractivity contribution in [3.8, 4) is 23.4 Å². The Bertz CT molecular complexity index is 469. The van der Waals surface area contributed by atoms with E-state index in [9.17, 15) is 0 Å². The lowest BCUT2D eigenvalue weighted by atomic mass is 10.2. The van der Waals surface area contributed by atoms with Gasteiger partial charge in [0.25, 0.3) is 0 Å². The molecule has 1 aromatic carbocycles. The van der Waals surface area contributed by atoms with E-state index in [1.807, 2.05) is 44.2 Å². The van der Waals surface area contributed by atoms with Crippen LogP contribution < -0.4 is 0 Å². The lowest BCUT2D eigenvalue weighted by Crippen LogP contribution is -2.16. The van der Waals surface area contributed by atoms with Crippen molar-refractivity contribution in [3.05, 3.63) is 35.9 Å². The average molecular weight is 367 g/mol. The number of benzene rings is 1. The normalized spacial score (nSPS) is 9.09. The first kappa shape index (κ1) is 27.0. The molecule has 1 atom stereocenters. The summed E-state index contributed by atoms with van der Waals surface area (Å²) in [6.07, 6.45) is 5.12. The summed E-state index contributed by atoms with van der Waals surface area (Å²) in [5.41, 5.74) is 7.20. The minimum absolute atomic E-state index is 1.10. The van der Waals surface area contributed by atoms with Crippen molar-refractivity contribution in [2.75, 3.05) is 7.11 Å². The molecule has 1 aromatic rings. The second kappa shape index (κ2) is 16.0. The van der Waals surface area contributed by atoms with Crippen LogP contribution in [0.25, 0.3) is 0 Å². The van der Waals surface area contributed by atoms with Gasteiger partial charge in [0.2, 0.25) is 0 Å². The molecule has 4 heteroatoms. The maximum Gasteiger partial charge on any atom is 0.129 e. The van der Waals surface area contributed by atoms with Gasteiger partial charge in [-0.2, -0.15) is 0 Å². The van der Waals surface area contributed by atoms with E-state index in [0.717, 1.165) is 5.56 Å². The molecule has 0 heterocycles. The second-order valence-corrected chi connectivity index (χ2v) is 16.5. The third-order valence-electron chi connectivity index (χ3n) is 1.79. The van der Waals surface area contributed by atoms with Crippen LogP contribution in [-0.4, -0.2) is 23.3 Å². The predicted octanol–water partition coefficient (Wildman–Crippen LogP) is 5.86. The average Bonchev–Trinajstić information content (AvgIpc) is 2.48. The molecule has 130 valence electrons. The molecule has 1 nitrogen and oxygen atoms in total. The zero-order chi connectivity index (χ0) is 18.9. The fourth-order valence-electron chi connectivity index (χ4n) is 0.781. The van der Waals surface area contributed by atoms with Gasteiger partial charge in [0.1, 0.15) is 16.1 Å². The lowest BCUT2D eigenvalue weighted by molar-refractivity contribution is 0.488. The molecule has 0 saturated heterocycles. The summed E-state index contributed by atoms with van der Waals surface area (Å²) in [6.45, 7) is 17.2. The molecule has 0 amide bonds. The molecule has 0 aliphatic carbocycles. The third-order valence-corrected chi connectivity index (χ3v) is 3.53. The Morgan fingerprint density at radius 2 is 1.26 bits per heavy atom. The SMILES string of the molecule is C#C[Si](C)(C)C.CC.COP.C[Si](C)(C)C#Cc1ccccc1. The minimum Gasteiger partial charge on any atom is -0.369 e. The molecule has 1 rings (SSSR count). The summed E-state index contributed by atoms with van der Waals surface area (Å²) in [6, 6.07) is 10.2. The Morgan fingerprint density at radius 1 is 0.913 bits per heavy atom. The summed E-state index contributed by atoms with van der Waals surface area (Å²) in [5, 5.41) is 0. The summed E-state index contributed by atoms with van der Waals surface area (Å²) in [7, 11) is 1.36. The summed E-state index contributed by atoms with van der Waals surface area (Å²) in [4.78, 5) is 0. The predicted molar refractivity (Wildman–Crippen MR) is 117 cm³/mol. The van der Waals surface area contributed by atoms with Crippen LogP contribution in [0.3, 0.4) is 0 Å². The molecule has 0 fully saturated rings. The number of terminal acetylenes is 1. The van der Waals surface area contributed by atoms with E-state index in [1.165, 1.54) is 0 Å². The first-order valence-electron chi connectivity index (χ1n) is 7.84. The van der Waals surface area contributed by atoms with Crippen molar-refractivity contribution in [2.45, 2.75) is 53.1 Å². The van der Waals surface area contributed by atoms with Crippen molar-refractivity contribution in [2.24, 2.45) is 0 Å². The van der Waals surface area contributed by atoms with Crippen LogP contribution in [0.1, 0.15) is 19.4 Å². The Morgan fingerprint density at radius 3 is 1.52 bits per heavy atom. The van der Waals surface area contributed by atoms with E-state index in [0.29, 0.717) is 0 Å². The van der Waals surface area contributed by atoms with Gasteiger partial charge in [-0.25, -0.2) is 0 Å². The summed E-state index contributed by atoms with van der Waals surface area (Å²) < 4.78 is 4.17. The molecular formula is C19H35OPSi2. The molecule has 0 spiro atoms. The Kier molecular flexibility index (Phi) is 18.8. The fraction of sp³-hybridized carbons (Fsp3) is 0.474. The van der Waals surface area contributed by atoms with Crippen molar-refractivity contribution in [1.82, 2.24) is 0 Å². The van der Waals surface area contributed by atoms with Crippen LogP contribution in [0.2, 0.25) is 39.3 Å². The largest absolute Gasteiger partial charge is 0.369 e. The van der Waals surface area contributed by atoms with Gasteiger partial charge in [-0.3, -0.25) is 0 Å². The summed E-state index contributed by atoms with van der Waals surface area (Å²) >= 11 is 0. The van der Waals surface area contributed by atoms with Crippen molar-refractivity contribution in [1.29, 1.82) is 0 Å². The van der Waals surface area contributed by atoms with Crippen LogP contribution in [-0.2, 0) is 4.52 Å². The molecule has 0 aromatic heterocycles. The standard InChI is InChI=1S/C11H14Si.C5H10Si.C2H6.CH5OP/c1-12(2,3)10-9-11-7-5-4-6-8-11;1-5-6(2,3)4;1-2;1-2-3/h4-8H,1-3H3;1H,2-4H3;1-2H3;3H2,1H3. The van der Waals surface area contributed by atoms with Crippen LogP contribution in [0.4, 0.5) is 0 Å². The third kappa shape index (κ3) is 29.7. The van der Waals surface area contributed by atoms with E-state index >= 15 is 0 Å². The van der Waals surface area contributed by atoms with E-state index in [2.05, 4.69) is 70.3 Å². The van der Waals surface area contributed by atoms with Crippen LogP contribution >= 0.6 is 9.47 Å². The van der Waals surface area contributed by atoms with Crippen LogP contribution in [0.15, 0.2) is 30.3 Å². The van der Waals surface area contributed by atoms with Gasteiger partial charge in [0.05, 0.1) is 0 Å². The highest BCUT2D eigenvalue weighted by atomic mass is 31.0. The van der Waals surface area contributed by atoms with E-state index in [1.54, 1.807) is 7.11 Å². The Balaban J connectivity index is -0.000000307. The quantitative estimate of drug-likeness (QED) is 0.317. The van der Waals surface area contributed by atoms with Crippen LogP contribution in [0.5, 0.6) is 0 Å². The molecule has 0 bridgehead atoms. The molecule has 0 saturated carbocycles. The van der Waals surface area contributed by atoms with Gasteiger partial charge in [-0.1, -0.05) is 77.2 Å². The van der Waals surface area contributed by atoms with Crippen LogP contribution in [0, 0.1) is 23.4 Å². The lowest BCUT2D eigenvalue weighted by Gasteiger charge is -2.02. The zero-order valence-corrected chi connectivity index (χ0v) is 19.6. The van der Waals surface area contributed by atoms with Crippen molar-refractivity contribution < 1.29 is 4.52 Å². The molecule has 1 unspecified atom stereocenters. The number of hydrogen-bond donors (Lipinski definition) is 0. The number of hydrogen-bond acceptors (Lipinski definition) is 1. The smallest absolute Gasteiger partial charge is 0.129 e. The molecule has 0 aliphatic heterocycles. The van der Waals surface area contributed by atoms with Gasteiger partial charge in [0, 0.05) is 12.7 Å². The van der Waals surface area contributed by atoms with E-state index in [4.69, 9.17) is 6.42 Å². The first-order valence-corrected chi connectivity index (χ1v) is 15.3. The fourth-order valence-corrected chi connectivity index (χ4v) is 1.30.